The molecule has 5 rings (SSSR count). The average Bonchev–Trinajstić information content (AvgIpc) is 3.62. The van der Waals surface area contributed by atoms with E-state index in [0.29, 0.717) is 22.0 Å². The van der Waals surface area contributed by atoms with Gasteiger partial charge in [0.15, 0.2) is 0 Å². The van der Waals surface area contributed by atoms with Crippen LogP contribution in [0.4, 0.5) is 0 Å². The van der Waals surface area contributed by atoms with E-state index in [0.717, 1.165) is 33.7 Å². The standard InChI is InChI=1S/C23H19N7OS2/c1-2-20-27-30(23(33-20)24-22(31)19-8-5-13-32-19)14-15-9-11-16(12-10-15)17-6-3-4-7-18(17)21-25-28-29-26-21/h3-13H,2,14H2,1H3,(H,25,26,28,29). The number of aromatic amines is 1. The zero-order chi connectivity index (χ0) is 22.6. The minimum Gasteiger partial charge on any atom is -0.266 e. The van der Waals surface area contributed by atoms with Gasteiger partial charge >= 0.3 is 0 Å². The van der Waals surface area contributed by atoms with Crippen molar-refractivity contribution in [3.8, 4) is 22.5 Å². The largest absolute Gasteiger partial charge is 0.289 e. The molecule has 0 aliphatic rings. The van der Waals surface area contributed by atoms with E-state index in [-0.39, 0.29) is 5.91 Å². The summed E-state index contributed by atoms with van der Waals surface area (Å²) in [4.78, 5) is 18.1. The molecule has 0 atom stereocenters. The Balaban J connectivity index is 1.43. The van der Waals surface area contributed by atoms with Gasteiger partial charge in [0.25, 0.3) is 5.91 Å². The Kier molecular flexibility index (Phi) is 6.01. The van der Waals surface area contributed by atoms with Gasteiger partial charge in [0, 0.05) is 5.56 Å². The first-order valence-corrected chi connectivity index (χ1v) is 12.0. The summed E-state index contributed by atoms with van der Waals surface area (Å²) in [5, 5.41) is 21.9. The molecule has 8 nitrogen and oxygen atoms in total. The fourth-order valence-electron chi connectivity index (χ4n) is 3.39. The predicted octanol–water partition coefficient (Wildman–Crippen LogP) is 4.21. The van der Waals surface area contributed by atoms with Gasteiger partial charge in [-0.25, -0.2) is 4.68 Å². The highest BCUT2D eigenvalue weighted by Gasteiger charge is 2.12. The minimum atomic E-state index is -0.238. The van der Waals surface area contributed by atoms with Crippen LogP contribution in [0.2, 0.25) is 0 Å². The number of aryl methyl sites for hydroxylation is 1. The van der Waals surface area contributed by atoms with Gasteiger partial charge in [0.1, 0.15) is 5.01 Å². The first-order valence-electron chi connectivity index (χ1n) is 10.3. The number of thiophene rings is 1. The van der Waals surface area contributed by atoms with E-state index in [2.05, 4.69) is 55.0 Å². The van der Waals surface area contributed by atoms with Crippen molar-refractivity contribution in [3.63, 3.8) is 0 Å². The molecule has 1 N–H and O–H groups in total. The molecular weight excluding hydrogens is 454 g/mol. The summed E-state index contributed by atoms with van der Waals surface area (Å²) in [6.07, 6.45) is 0.791. The lowest BCUT2D eigenvalue weighted by Gasteiger charge is -2.08. The Labute approximate surface area is 197 Å². The number of rotatable bonds is 6. The zero-order valence-electron chi connectivity index (χ0n) is 17.7. The number of H-pyrrole nitrogens is 1. The maximum Gasteiger partial charge on any atom is 0.289 e. The molecule has 10 heteroatoms. The third kappa shape index (κ3) is 4.57. The zero-order valence-corrected chi connectivity index (χ0v) is 19.3. The van der Waals surface area contributed by atoms with Gasteiger partial charge < -0.3 is 0 Å². The lowest BCUT2D eigenvalue weighted by molar-refractivity contribution is 0.100. The summed E-state index contributed by atoms with van der Waals surface area (Å²) >= 11 is 2.84. The molecule has 1 amide bonds. The third-order valence-corrected chi connectivity index (χ3v) is 6.95. The highest BCUT2D eigenvalue weighted by Crippen LogP contribution is 2.29. The molecule has 0 saturated carbocycles. The van der Waals surface area contributed by atoms with E-state index in [1.54, 1.807) is 10.7 Å². The molecule has 0 bridgehead atoms. The monoisotopic (exact) mass is 473 g/mol. The molecule has 0 aliphatic carbocycles. The molecule has 3 aromatic heterocycles. The molecule has 0 fully saturated rings. The summed E-state index contributed by atoms with van der Waals surface area (Å²) in [7, 11) is 0. The molecule has 33 heavy (non-hydrogen) atoms. The van der Waals surface area contributed by atoms with Crippen LogP contribution in [0.5, 0.6) is 0 Å². The Morgan fingerprint density at radius 2 is 1.88 bits per heavy atom. The Morgan fingerprint density at radius 3 is 2.58 bits per heavy atom. The van der Waals surface area contributed by atoms with E-state index in [1.807, 2.05) is 42.6 Å². The fraction of sp³-hybridized carbons (Fsp3) is 0.130. The highest BCUT2D eigenvalue weighted by atomic mass is 32.1. The van der Waals surface area contributed by atoms with Crippen LogP contribution in [0.3, 0.4) is 0 Å². The van der Waals surface area contributed by atoms with Crippen molar-refractivity contribution in [2.24, 2.45) is 4.99 Å². The van der Waals surface area contributed by atoms with Gasteiger partial charge in [-0.3, -0.25) is 4.79 Å². The number of hydrogen-bond donors (Lipinski definition) is 1. The molecule has 0 unspecified atom stereocenters. The van der Waals surface area contributed by atoms with Crippen molar-refractivity contribution in [3.05, 3.63) is 86.3 Å². The average molecular weight is 474 g/mol. The molecule has 3 heterocycles. The van der Waals surface area contributed by atoms with Gasteiger partial charge in [0.05, 0.1) is 11.4 Å². The van der Waals surface area contributed by atoms with E-state index in [1.165, 1.54) is 22.7 Å². The molecule has 0 aliphatic heterocycles. The SMILES string of the molecule is CCc1nn(Cc2ccc(-c3ccccc3-c3nn[nH]n3)cc2)c(=NC(=O)c2cccs2)s1. The van der Waals surface area contributed by atoms with Gasteiger partial charge in [0.2, 0.25) is 10.6 Å². The van der Waals surface area contributed by atoms with Crippen LogP contribution in [-0.4, -0.2) is 36.3 Å². The molecule has 5 aromatic rings. The lowest BCUT2D eigenvalue weighted by Crippen LogP contribution is -2.19. The second kappa shape index (κ2) is 9.39. The first-order chi connectivity index (χ1) is 16.2. The number of benzene rings is 2. The number of aromatic nitrogens is 6. The lowest BCUT2D eigenvalue weighted by atomic mass is 9.98. The molecule has 0 saturated heterocycles. The van der Waals surface area contributed by atoms with E-state index < -0.39 is 0 Å². The summed E-state index contributed by atoms with van der Waals surface area (Å²) in [6, 6.07) is 19.8. The Morgan fingerprint density at radius 1 is 1.06 bits per heavy atom. The van der Waals surface area contributed by atoms with Crippen LogP contribution in [0.1, 0.15) is 27.2 Å². The maximum atomic E-state index is 12.5. The van der Waals surface area contributed by atoms with Crippen LogP contribution in [0.15, 0.2) is 71.0 Å². The van der Waals surface area contributed by atoms with Crippen molar-refractivity contribution in [2.75, 3.05) is 0 Å². The van der Waals surface area contributed by atoms with Gasteiger partial charge in [-0.1, -0.05) is 72.9 Å². The van der Waals surface area contributed by atoms with Gasteiger partial charge in [-0.05, 0) is 39.8 Å². The van der Waals surface area contributed by atoms with Crippen LogP contribution in [-0.2, 0) is 13.0 Å². The second-order valence-electron chi connectivity index (χ2n) is 7.16. The highest BCUT2D eigenvalue weighted by molar-refractivity contribution is 7.12. The van der Waals surface area contributed by atoms with Crippen molar-refractivity contribution in [1.82, 2.24) is 30.4 Å². The normalized spacial score (nSPS) is 11.7. The summed E-state index contributed by atoms with van der Waals surface area (Å²) < 4.78 is 1.80. The quantitative estimate of drug-likeness (QED) is 0.398. The Bertz CT molecular complexity index is 1430. The molecule has 2 aromatic carbocycles. The number of amides is 1. The van der Waals surface area contributed by atoms with Gasteiger partial charge in [-0.15, -0.1) is 21.5 Å². The maximum absolute atomic E-state index is 12.5. The van der Waals surface area contributed by atoms with Crippen LogP contribution >= 0.6 is 22.7 Å². The van der Waals surface area contributed by atoms with Crippen molar-refractivity contribution < 1.29 is 4.79 Å². The smallest absolute Gasteiger partial charge is 0.266 e. The summed E-state index contributed by atoms with van der Waals surface area (Å²) in [5.74, 6) is 0.319. The molecular formula is C23H19N7OS2. The molecule has 0 radical (unpaired) electrons. The minimum absolute atomic E-state index is 0.238. The number of carbonyl (C=O) groups is 1. The number of hydrogen-bond acceptors (Lipinski definition) is 7. The van der Waals surface area contributed by atoms with Crippen LogP contribution < -0.4 is 4.80 Å². The first kappa shape index (κ1) is 21.1. The van der Waals surface area contributed by atoms with Crippen molar-refractivity contribution >= 4 is 28.6 Å². The summed E-state index contributed by atoms with van der Waals surface area (Å²) in [5.41, 5.74) is 4.05. The molecule has 164 valence electrons. The number of nitrogens with one attached hydrogen (secondary N) is 1. The van der Waals surface area contributed by atoms with Crippen LogP contribution in [0, 0.1) is 0 Å². The van der Waals surface area contributed by atoms with E-state index in [9.17, 15) is 4.79 Å². The van der Waals surface area contributed by atoms with Crippen LogP contribution in [0.25, 0.3) is 22.5 Å². The van der Waals surface area contributed by atoms with E-state index >= 15 is 0 Å². The Hall–Kier alpha value is -3.76. The number of nitrogens with zero attached hydrogens (tertiary/aromatic N) is 6. The fourth-order valence-corrected chi connectivity index (χ4v) is 4.83. The number of carbonyl (C=O) groups excluding carboxylic acids is 1. The topological polar surface area (TPSA) is 102 Å². The van der Waals surface area contributed by atoms with Crippen molar-refractivity contribution in [1.29, 1.82) is 0 Å². The summed E-state index contributed by atoms with van der Waals surface area (Å²) in [6.45, 7) is 2.57. The second-order valence-corrected chi connectivity index (χ2v) is 9.15. The molecule has 0 spiro atoms. The third-order valence-electron chi connectivity index (χ3n) is 5.00. The van der Waals surface area contributed by atoms with E-state index in [4.69, 9.17) is 0 Å². The predicted molar refractivity (Wildman–Crippen MR) is 128 cm³/mol. The van der Waals surface area contributed by atoms with Gasteiger partial charge in [-0.2, -0.15) is 15.3 Å². The number of tetrazole rings is 1. The van der Waals surface area contributed by atoms with Crippen molar-refractivity contribution in [2.45, 2.75) is 19.9 Å².